The minimum atomic E-state index is -3.78. The fraction of sp³-hybridized carbons (Fsp3) is 0.273. The molecule has 2 atom stereocenters. The number of sulfonamides is 1. The Balaban J connectivity index is 1.55. The first-order chi connectivity index (χ1) is 14.7. The molecule has 0 saturated carbocycles. The molecule has 31 heavy (non-hydrogen) atoms. The van der Waals surface area contributed by atoms with Gasteiger partial charge in [-0.3, -0.25) is 0 Å². The van der Waals surface area contributed by atoms with Crippen LogP contribution in [0.25, 0.3) is 0 Å². The Hall–Kier alpha value is -3.35. The summed E-state index contributed by atoms with van der Waals surface area (Å²) < 4.78 is 33.9. The monoisotopic (exact) mass is 438 g/mol. The van der Waals surface area contributed by atoms with Crippen LogP contribution < -0.4 is 15.4 Å². The average Bonchev–Trinajstić information content (AvgIpc) is 3.35. The molecule has 0 radical (unpaired) electrons. The van der Waals surface area contributed by atoms with E-state index in [0.29, 0.717) is 42.1 Å². The van der Waals surface area contributed by atoms with Gasteiger partial charge in [0.25, 0.3) is 0 Å². The van der Waals surface area contributed by atoms with Crippen molar-refractivity contribution in [2.75, 3.05) is 6.54 Å². The third-order valence-corrected chi connectivity index (χ3v) is 7.71. The quantitative estimate of drug-likeness (QED) is 0.745. The summed E-state index contributed by atoms with van der Waals surface area (Å²) in [7, 11) is -3.78. The van der Waals surface area contributed by atoms with E-state index in [1.807, 2.05) is 6.07 Å². The maximum Gasteiger partial charge on any atom is 0.319 e. The molecule has 2 N–H and O–H groups in total. The van der Waals surface area contributed by atoms with E-state index in [4.69, 9.17) is 10.00 Å². The molecule has 0 aromatic heterocycles. The van der Waals surface area contributed by atoms with Gasteiger partial charge in [0.05, 0.1) is 28.1 Å². The van der Waals surface area contributed by atoms with Gasteiger partial charge < -0.3 is 15.4 Å². The third kappa shape index (κ3) is 3.76. The van der Waals surface area contributed by atoms with E-state index >= 15 is 0 Å². The van der Waals surface area contributed by atoms with Crippen LogP contribution in [0.5, 0.6) is 11.5 Å². The topological polar surface area (TPSA) is 112 Å². The van der Waals surface area contributed by atoms with Crippen molar-refractivity contribution in [2.24, 2.45) is 0 Å². The number of rotatable bonds is 5. The number of amides is 2. The number of carbonyl (C=O) groups is 1. The summed E-state index contributed by atoms with van der Waals surface area (Å²) in [6, 6.07) is 14.1. The highest BCUT2D eigenvalue weighted by atomic mass is 32.2. The Morgan fingerprint density at radius 1 is 1.16 bits per heavy atom. The number of hydrogen-bond acceptors (Lipinski definition) is 5. The molecular weight excluding hydrogens is 416 g/mol. The molecule has 0 aliphatic carbocycles. The molecule has 2 amide bonds. The highest BCUT2D eigenvalue weighted by Crippen LogP contribution is 2.37. The molecule has 2 heterocycles. The van der Waals surface area contributed by atoms with E-state index < -0.39 is 21.6 Å². The number of nitriles is 1. The Labute approximate surface area is 181 Å². The molecule has 8 nitrogen and oxygen atoms in total. The number of urea groups is 1. The van der Waals surface area contributed by atoms with Gasteiger partial charge >= 0.3 is 6.03 Å². The van der Waals surface area contributed by atoms with Gasteiger partial charge in [-0.2, -0.15) is 9.57 Å². The summed E-state index contributed by atoms with van der Waals surface area (Å²) in [6.45, 7) is 6.07. The summed E-state index contributed by atoms with van der Waals surface area (Å²) in [6.07, 6.45) is 1.32. The van der Waals surface area contributed by atoms with Gasteiger partial charge in [0.1, 0.15) is 11.5 Å². The molecule has 2 aliphatic rings. The first kappa shape index (κ1) is 20.9. The van der Waals surface area contributed by atoms with Gasteiger partial charge in [-0.05, 0) is 68.3 Å². The number of benzene rings is 2. The zero-order valence-electron chi connectivity index (χ0n) is 17.0. The molecule has 160 valence electrons. The second-order valence-corrected chi connectivity index (χ2v) is 9.63. The SMILES string of the molecule is C=C1NC(=O)NC1(C)C1CCCN1S(=O)(=O)c1ccc(Oc2ccc(C#N)cc2)cc1. The second-order valence-electron chi connectivity index (χ2n) is 7.74. The van der Waals surface area contributed by atoms with Crippen molar-refractivity contribution in [1.82, 2.24) is 14.9 Å². The lowest BCUT2D eigenvalue weighted by Gasteiger charge is -2.36. The largest absolute Gasteiger partial charge is 0.457 e. The maximum atomic E-state index is 13.4. The molecule has 0 bridgehead atoms. The van der Waals surface area contributed by atoms with Crippen molar-refractivity contribution < 1.29 is 17.9 Å². The Bertz CT molecular complexity index is 1170. The highest BCUT2D eigenvalue weighted by molar-refractivity contribution is 7.89. The lowest BCUT2D eigenvalue weighted by atomic mass is 9.89. The second kappa shape index (κ2) is 7.72. The van der Waals surface area contributed by atoms with Crippen LogP contribution in [0.4, 0.5) is 4.79 Å². The van der Waals surface area contributed by atoms with Gasteiger partial charge in [0, 0.05) is 12.2 Å². The zero-order valence-corrected chi connectivity index (χ0v) is 17.8. The van der Waals surface area contributed by atoms with Crippen LogP contribution in [0.3, 0.4) is 0 Å². The van der Waals surface area contributed by atoms with Crippen LogP contribution in [-0.2, 0) is 10.0 Å². The summed E-state index contributed by atoms with van der Waals surface area (Å²) in [5.41, 5.74) is 0.119. The fourth-order valence-corrected chi connectivity index (χ4v) is 5.82. The molecule has 2 unspecified atom stereocenters. The lowest BCUT2D eigenvalue weighted by Crippen LogP contribution is -2.56. The molecule has 4 rings (SSSR count). The molecule has 2 aromatic carbocycles. The lowest BCUT2D eigenvalue weighted by molar-refractivity contribution is 0.232. The third-order valence-electron chi connectivity index (χ3n) is 5.78. The zero-order chi connectivity index (χ0) is 22.2. The van der Waals surface area contributed by atoms with Crippen molar-refractivity contribution in [3.63, 3.8) is 0 Å². The number of nitrogens with one attached hydrogen (secondary N) is 2. The fourth-order valence-electron chi connectivity index (χ4n) is 4.05. The number of ether oxygens (including phenoxy) is 1. The molecular formula is C22H22N4O4S. The summed E-state index contributed by atoms with van der Waals surface area (Å²) >= 11 is 0. The Morgan fingerprint density at radius 3 is 2.32 bits per heavy atom. The van der Waals surface area contributed by atoms with Gasteiger partial charge in [0.15, 0.2) is 0 Å². The Morgan fingerprint density at radius 2 is 1.77 bits per heavy atom. The van der Waals surface area contributed by atoms with Gasteiger partial charge in [-0.1, -0.05) is 6.58 Å². The average molecular weight is 439 g/mol. The highest BCUT2D eigenvalue weighted by Gasteiger charge is 2.51. The standard InChI is InChI=1S/C22H22N4O4S/c1-15-22(2,25-21(27)24-15)20-4-3-13-26(20)31(28,29)19-11-9-18(10-12-19)30-17-7-5-16(14-23)6-8-17/h5-12,20H,1,3-4,13H2,2H3,(H2,24,25,27). The molecule has 0 spiro atoms. The van der Waals surface area contributed by atoms with Crippen LogP contribution in [0.1, 0.15) is 25.3 Å². The predicted molar refractivity (Wildman–Crippen MR) is 114 cm³/mol. The van der Waals surface area contributed by atoms with Crippen molar-refractivity contribution in [2.45, 2.75) is 36.2 Å². The normalized spacial score (nSPS) is 23.8. The predicted octanol–water partition coefficient (Wildman–Crippen LogP) is 3.09. The number of carbonyl (C=O) groups excluding carboxylic acids is 1. The van der Waals surface area contributed by atoms with Gasteiger partial charge in [-0.25, -0.2) is 13.2 Å². The van der Waals surface area contributed by atoms with Crippen LogP contribution in [-0.4, -0.2) is 36.9 Å². The minimum absolute atomic E-state index is 0.151. The van der Waals surface area contributed by atoms with E-state index in [1.54, 1.807) is 43.3 Å². The van der Waals surface area contributed by atoms with E-state index in [0.717, 1.165) is 0 Å². The van der Waals surface area contributed by atoms with Crippen molar-refractivity contribution >= 4 is 16.1 Å². The first-order valence-electron chi connectivity index (χ1n) is 9.82. The molecule has 9 heteroatoms. The number of nitrogens with zero attached hydrogens (tertiary/aromatic N) is 2. The smallest absolute Gasteiger partial charge is 0.319 e. The Kier molecular flexibility index (Phi) is 5.21. The van der Waals surface area contributed by atoms with E-state index in [1.165, 1.54) is 16.4 Å². The summed E-state index contributed by atoms with van der Waals surface area (Å²) in [5, 5.41) is 14.3. The van der Waals surface area contributed by atoms with Gasteiger partial charge in [0.2, 0.25) is 10.0 Å². The van der Waals surface area contributed by atoms with Crippen LogP contribution in [0, 0.1) is 11.3 Å². The van der Waals surface area contributed by atoms with E-state index in [9.17, 15) is 13.2 Å². The van der Waals surface area contributed by atoms with Crippen molar-refractivity contribution in [3.05, 3.63) is 66.4 Å². The molecule has 2 fully saturated rings. The van der Waals surface area contributed by atoms with E-state index in [-0.39, 0.29) is 10.9 Å². The summed E-state index contributed by atoms with van der Waals surface area (Å²) in [4.78, 5) is 11.9. The summed E-state index contributed by atoms with van der Waals surface area (Å²) in [5.74, 6) is 1.03. The van der Waals surface area contributed by atoms with Gasteiger partial charge in [-0.15, -0.1) is 0 Å². The molecule has 2 aliphatic heterocycles. The minimum Gasteiger partial charge on any atom is -0.457 e. The maximum absolute atomic E-state index is 13.4. The van der Waals surface area contributed by atoms with Crippen LogP contribution >= 0.6 is 0 Å². The van der Waals surface area contributed by atoms with Crippen LogP contribution in [0.2, 0.25) is 0 Å². The molecule has 2 aromatic rings. The van der Waals surface area contributed by atoms with Crippen molar-refractivity contribution in [1.29, 1.82) is 5.26 Å². The van der Waals surface area contributed by atoms with E-state index in [2.05, 4.69) is 17.2 Å². The van der Waals surface area contributed by atoms with Crippen LogP contribution in [0.15, 0.2) is 65.7 Å². The molecule has 2 saturated heterocycles. The number of hydrogen-bond donors (Lipinski definition) is 2. The first-order valence-corrected chi connectivity index (χ1v) is 11.3. The van der Waals surface area contributed by atoms with Crippen molar-refractivity contribution in [3.8, 4) is 17.6 Å².